The fourth-order valence-electron chi connectivity index (χ4n) is 2.85. The van der Waals surface area contributed by atoms with Gasteiger partial charge in [0.1, 0.15) is 0 Å². The van der Waals surface area contributed by atoms with Crippen molar-refractivity contribution < 1.29 is 24.0 Å². The average Bonchev–Trinajstić information content (AvgIpc) is 3.08. The molecular weight excluding hydrogens is 340 g/mol. The van der Waals surface area contributed by atoms with Crippen molar-refractivity contribution >= 4 is 23.3 Å². The molecule has 26 heavy (non-hydrogen) atoms. The number of fused-ring (bicyclic) bond motifs is 1. The van der Waals surface area contributed by atoms with Crippen LogP contribution in [0.25, 0.3) is 0 Å². The van der Waals surface area contributed by atoms with Crippen LogP contribution >= 0.6 is 0 Å². The van der Waals surface area contributed by atoms with Gasteiger partial charge in [-0.25, -0.2) is 4.79 Å². The molecule has 0 spiro atoms. The van der Waals surface area contributed by atoms with Gasteiger partial charge >= 0.3 is 11.7 Å². The molecule has 0 saturated carbocycles. The number of nitrogens with zero attached hydrogens (tertiary/aromatic N) is 2. The predicted molar refractivity (Wildman–Crippen MR) is 92.4 cm³/mol. The highest BCUT2D eigenvalue weighted by atomic mass is 16.6. The highest BCUT2D eigenvalue weighted by Crippen LogP contribution is 2.30. The molecule has 0 atom stereocenters. The fourth-order valence-corrected chi connectivity index (χ4v) is 2.85. The van der Waals surface area contributed by atoms with Gasteiger partial charge in [-0.15, -0.1) is 0 Å². The first kappa shape index (κ1) is 17.4. The third kappa shape index (κ3) is 3.34. The molecule has 8 nitrogen and oxygen atoms in total. The molecular formula is C18H16N2O6. The molecule has 1 amide bonds. The maximum Gasteiger partial charge on any atom is 0.337 e. The molecule has 8 heteroatoms. The molecule has 0 unspecified atom stereocenters. The maximum atomic E-state index is 12.5. The number of para-hydroxylation sites is 2. The Morgan fingerprint density at radius 1 is 1.23 bits per heavy atom. The van der Waals surface area contributed by atoms with E-state index >= 15 is 0 Å². The van der Waals surface area contributed by atoms with Crippen molar-refractivity contribution in [3.63, 3.8) is 0 Å². The summed E-state index contributed by atoms with van der Waals surface area (Å²) in [7, 11) is 1.31. The molecule has 134 valence electrons. The molecule has 2 aromatic carbocycles. The number of nitro groups is 1. The molecule has 1 aliphatic heterocycles. The van der Waals surface area contributed by atoms with Gasteiger partial charge in [-0.2, -0.15) is 0 Å². The van der Waals surface area contributed by atoms with Gasteiger partial charge < -0.3 is 14.4 Å². The van der Waals surface area contributed by atoms with E-state index in [1.54, 1.807) is 29.2 Å². The lowest BCUT2D eigenvalue weighted by atomic mass is 10.1. The second-order valence-electron chi connectivity index (χ2n) is 5.64. The molecule has 0 aromatic heterocycles. The number of hydrogen-bond donors (Lipinski definition) is 0. The monoisotopic (exact) mass is 356 g/mol. The molecule has 2 aromatic rings. The minimum Gasteiger partial charge on any atom is -0.477 e. The average molecular weight is 356 g/mol. The Balaban J connectivity index is 1.72. The Morgan fingerprint density at radius 2 is 2.00 bits per heavy atom. The second kappa shape index (κ2) is 7.22. The normalized spacial score (nSPS) is 12.4. The van der Waals surface area contributed by atoms with Crippen LogP contribution in [0.1, 0.15) is 15.9 Å². The highest BCUT2D eigenvalue weighted by molar-refractivity contribution is 5.98. The maximum absolute atomic E-state index is 12.5. The van der Waals surface area contributed by atoms with Crippen LogP contribution < -0.4 is 9.64 Å². The summed E-state index contributed by atoms with van der Waals surface area (Å²) in [5, 5.41) is 11.0. The van der Waals surface area contributed by atoms with E-state index in [1.807, 2.05) is 0 Å². The number of carbonyl (C=O) groups is 2. The van der Waals surface area contributed by atoms with Crippen molar-refractivity contribution in [2.24, 2.45) is 0 Å². The molecule has 1 aliphatic rings. The Hall–Kier alpha value is -3.42. The number of carbonyl (C=O) groups excluding carboxylic acids is 2. The number of amides is 1. The van der Waals surface area contributed by atoms with E-state index in [2.05, 4.69) is 0 Å². The fraction of sp³-hybridized carbons (Fsp3) is 0.222. The van der Waals surface area contributed by atoms with Gasteiger partial charge in [-0.1, -0.05) is 12.1 Å². The number of benzene rings is 2. The Kier molecular flexibility index (Phi) is 4.83. The van der Waals surface area contributed by atoms with E-state index in [0.717, 1.165) is 5.56 Å². The van der Waals surface area contributed by atoms with Crippen molar-refractivity contribution in [3.05, 3.63) is 63.7 Å². The van der Waals surface area contributed by atoms with Crippen molar-refractivity contribution in [1.82, 2.24) is 0 Å². The van der Waals surface area contributed by atoms with Gasteiger partial charge in [0.25, 0.3) is 5.91 Å². The zero-order chi connectivity index (χ0) is 18.7. The van der Waals surface area contributed by atoms with Gasteiger partial charge in [-0.3, -0.25) is 14.9 Å². The molecule has 0 saturated heterocycles. The standard InChI is InChI=1S/C18H16N2O6/c1-25-18(22)13-6-7-14-12(10-13)8-9-19(14)17(21)11-26-16-5-3-2-4-15(16)20(23)24/h2-7,10H,8-9,11H2,1H3. The summed E-state index contributed by atoms with van der Waals surface area (Å²) in [6.45, 7) is 0.141. The van der Waals surface area contributed by atoms with Crippen LogP contribution in [-0.2, 0) is 16.0 Å². The van der Waals surface area contributed by atoms with Gasteiger partial charge in [0.15, 0.2) is 12.4 Å². The first-order chi connectivity index (χ1) is 12.5. The van der Waals surface area contributed by atoms with Crippen LogP contribution in [0.5, 0.6) is 5.75 Å². The summed E-state index contributed by atoms with van der Waals surface area (Å²) in [5.41, 5.74) is 1.81. The van der Waals surface area contributed by atoms with Gasteiger partial charge in [0.2, 0.25) is 0 Å². The molecule has 0 fully saturated rings. The van der Waals surface area contributed by atoms with Crippen LogP contribution in [0.15, 0.2) is 42.5 Å². The van der Waals surface area contributed by atoms with Gasteiger partial charge in [0, 0.05) is 18.3 Å². The number of rotatable bonds is 5. The van der Waals surface area contributed by atoms with Crippen LogP contribution in [0.3, 0.4) is 0 Å². The van der Waals surface area contributed by atoms with E-state index in [4.69, 9.17) is 9.47 Å². The van der Waals surface area contributed by atoms with Gasteiger partial charge in [0.05, 0.1) is 17.6 Å². The summed E-state index contributed by atoms with van der Waals surface area (Å²) >= 11 is 0. The van der Waals surface area contributed by atoms with Crippen molar-refractivity contribution in [2.45, 2.75) is 6.42 Å². The third-order valence-corrected chi connectivity index (χ3v) is 4.11. The number of ether oxygens (including phenoxy) is 2. The van der Waals surface area contributed by atoms with Crippen molar-refractivity contribution in [2.75, 3.05) is 25.2 Å². The minimum absolute atomic E-state index is 0.0475. The van der Waals surface area contributed by atoms with Crippen molar-refractivity contribution in [3.8, 4) is 5.75 Å². The van der Waals surface area contributed by atoms with Gasteiger partial charge in [-0.05, 0) is 36.2 Å². The first-order valence-electron chi connectivity index (χ1n) is 7.89. The Bertz CT molecular complexity index is 880. The summed E-state index contributed by atoms with van der Waals surface area (Å²) in [5.74, 6) is -0.698. The van der Waals surface area contributed by atoms with Crippen LogP contribution in [0, 0.1) is 10.1 Å². The van der Waals surface area contributed by atoms with Crippen LogP contribution in [0.2, 0.25) is 0 Å². The van der Waals surface area contributed by atoms with E-state index in [9.17, 15) is 19.7 Å². The summed E-state index contributed by atoms with van der Waals surface area (Å²) in [4.78, 5) is 36.1. The second-order valence-corrected chi connectivity index (χ2v) is 5.64. The molecule has 0 aliphatic carbocycles. The third-order valence-electron chi connectivity index (χ3n) is 4.11. The summed E-state index contributed by atoms with van der Waals surface area (Å²) in [6.07, 6.45) is 0.609. The largest absolute Gasteiger partial charge is 0.477 e. The van der Waals surface area contributed by atoms with E-state index in [0.29, 0.717) is 24.2 Å². The van der Waals surface area contributed by atoms with E-state index in [-0.39, 0.29) is 24.0 Å². The first-order valence-corrected chi connectivity index (χ1v) is 7.89. The lowest BCUT2D eigenvalue weighted by Gasteiger charge is -2.17. The number of esters is 1. The quantitative estimate of drug-likeness (QED) is 0.463. The van der Waals surface area contributed by atoms with Crippen LogP contribution in [-0.4, -0.2) is 37.1 Å². The minimum atomic E-state index is -0.556. The molecule has 0 bridgehead atoms. The smallest absolute Gasteiger partial charge is 0.337 e. The number of anilines is 1. The number of hydrogen-bond acceptors (Lipinski definition) is 6. The lowest BCUT2D eigenvalue weighted by Crippen LogP contribution is -2.33. The summed E-state index contributed by atoms with van der Waals surface area (Å²) < 4.78 is 10.1. The zero-order valence-corrected chi connectivity index (χ0v) is 14.0. The zero-order valence-electron chi connectivity index (χ0n) is 14.0. The van der Waals surface area contributed by atoms with E-state index in [1.165, 1.54) is 25.3 Å². The molecule has 1 heterocycles. The number of nitro benzene ring substituents is 1. The lowest BCUT2D eigenvalue weighted by molar-refractivity contribution is -0.385. The number of methoxy groups -OCH3 is 1. The van der Waals surface area contributed by atoms with E-state index < -0.39 is 10.9 Å². The highest BCUT2D eigenvalue weighted by Gasteiger charge is 2.26. The predicted octanol–water partition coefficient (Wildman–Crippen LogP) is 2.35. The molecule has 0 radical (unpaired) electrons. The summed E-state index contributed by atoms with van der Waals surface area (Å²) in [6, 6.07) is 10.9. The SMILES string of the molecule is COC(=O)c1ccc2c(c1)CCN2C(=O)COc1ccccc1[N+](=O)[O-]. The van der Waals surface area contributed by atoms with Crippen molar-refractivity contribution in [1.29, 1.82) is 0 Å². The molecule has 3 rings (SSSR count). The Morgan fingerprint density at radius 3 is 2.73 bits per heavy atom. The topological polar surface area (TPSA) is 99.0 Å². The Labute approximate surface area is 149 Å². The van der Waals surface area contributed by atoms with Crippen LogP contribution in [0.4, 0.5) is 11.4 Å². The molecule has 0 N–H and O–H groups in total.